The number of nitrogens with one attached hydrogen (secondary N) is 1. The van der Waals surface area contributed by atoms with Crippen molar-refractivity contribution in [3.05, 3.63) is 40.7 Å². The molecule has 0 unspecified atom stereocenters. The Morgan fingerprint density at radius 3 is 2.54 bits per heavy atom. The Kier molecular flexibility index (Phi) is 6.34. The van der Waals surface area contributed by atoms with E-state index in [4.69, 9.17) is 9.47 Å². The summed E-state index contributed by atoms with van der Waals surface area (Å²) in [6, 6.07) is 5.70. The third-order valence-electron chi connectivity index (χ3n) is 4.89. The van der Waals surface area contributed by atoms with Gasteiger partial charge in [0.1, 0.15) is 5.69 Å². The summed E-state index contributed by atoms with van der Waals surface area (Å²) in [4.78, 5) is 23.7. The van der Waals surface area contributed by atoms with Gasteiger partial charge in [0.2, 0.25) is 5.95 Å². The van der Waals surface area contributed by atoms with Crippen molar-refractivity contribution >= 4 is 11.9 Å². The van der Waals surface area contributed by atoms with Gasteiger partial charge in [0.25, 0.3) is 5.91 Å². The van der Waals surface area contributed by atoms with Crippen molar-refractivity contribution in [2.75, 3.05) is 32.6 Å². The number of rotatable bonds is 7. The number of hydrogen-bond donors (Lipinski definition) is 1. The van der Waals surface area contributed by atoms with Crippen LogP contribution in [0.4, 0.5) is 5.95 Å². The van der Waals surface area contributed by atoms with Gasteiger partial charge < -0.3 is 19.7 Å². The van der Waals surface area contributed by atoms with Gasteiger partial charge in [0.05, 0.1) is 14.2 Å². The van der Waals surface area contributed by atoms with Crippen LogP contribution in [0.3, 0.4) is 0 Å². The lowest BCUT2D eigenvalue weighted by molar-refractivity contribution is 0.0728. The molecular weight excluding hydrogens is 356 g/mol. The molecule has 1 N–H and O–H groups in total. The number of amides is 1. The second kappa shape index (κ2) is 8.91. The molecule has 3 rings (SSSR count). The molecule has 7 heteroatoms. The maximum absolute atomic E-state index is 13.1. The minimum atomic E-state index is -0.0792. The lowest BCUT2D eigenvalue weighted by Crippen LogP contribution is -2.36. The van der Waals surface area contributed by atoms with E-state index in [-0.39, 0.29) is 5.91 Å². The van der Waals surface area contributed by atoms with Crippen LogP contribution >= 0.6 is 0 Å². The topological polar surface area (TPSA) is 76.6 Å². The van der Waals surface area contributed by atoms with Crippen LogP contribution in [0.1, 0.15) is 47.1 Å². The van der Waals surface area contributed by atoms with Gasteiger partial charge in [-0.3, -0.25) is 4.79 Å². The third kappa shape index (κ3) is 4.35. The van der Waals surface area contributed by atoms with Crippen LogP contribution in [0.2, 0.25) is 0 Å². The monoisotopic (exact) mass is 384 g/mol. The largest absolute Gasteiger partial charge is 0.493 e. The number of ether oxygens (including phenoxy) is 2. The number of fused-ring (bicyclic) bond motifs is 1. The number of aryl methyl sites for hydroxylation is 1. The predicted molar refractivity (Wildman–Crippen MR) is 108 cm³/mol. The Hall–Kier alpha value is -2.83. The molecule has 7 nitrogen and oxygen atoms in total. The number of unbranched alkanes of at least 4 members (excludes halogenated alkanes) is 1. The van der Waals surface area contributed by atoms with Gasteiger partial charge in [0, 0.05) is 25.3 Å². The van der Waals surface area contributed by atoms with E-state index in [1.54, 1.807) is 20.3 Å². The fourth-order valence-corrected chi connectivity index (χ4v) is 3.35. The van der Waals surface area contributed by atoms with Crippen molar-refractivity contribution in [2.24, 2.45) is 0 Å². The van der Waals surface area contributed by atoms with Gasteiger partial charge in [0.15, 0.2) is 11.5 Å². The number of nitrogens with zero attached hydrogens (tertiary/aromatic N) is 3. The van der Waals surface area contributed by atoms with Crippen LogP contribution < -0.4 is 14.8 Å². The molecule has 1 aromatic heterocycles. The number of anilines is 1. The Morgan fingerprint density at radius 1 is 1.14 bits per heavy atom. The van der Waals surface area contributed by atoms with Crippen LogP contribution in [-0.2, 0) is 13.0 Å². The first-order chi connectivity index (χ1) is 13.5. The molecule has 0 saturated carbocycles. The fraction of sp³-hybridized carbons (Fsp3) is 0.476. The first-order valence-electron chi connectivity index (χ1n) is 9.68. The molecule has 0 fully saturated rings. The zero-order valence-corrected chi connectivity index (χ0v) is 17.0. The SMILES string of the molecule is CCCCNc1nc(C)cc(C(=O)N2CCc3cc(OC)c(OC)cc3C2)n1. The number of carbonyl (C=O) groups is 1. The van der Waals surface area contributed by atoms with Crippen LogP contribution in [0.15, 0.2) is 18.2 Å². The Morgan fingerprint density at radius 2 is 1.86 bits per heavy atom. The summed E-state index contributed by atoms with van der Waals surface area (Å²) in [6.45, 7) is 5.98. The molecule has 2 heterocycles. The maximum atomic E-state index is 13.1. The minimum absolute atomic E-state index is 0.0792. The Bertz CT molecular complexity index is 854. The second-order valence-corrected chi connectivity index (χ2v) is 6.95. The predicted octanol–water partition coefficient (Wildman–Crippen LogP) is 3.21. The zero-order valence-electron chi connectivity index (χ0n) is 17.0. The van der Waals surface area contributed by atoms with E-state index in [1.807, 2.05) is 24.0 Å². The van der Waals surface area contributed by atoms with Crippen molar-refractivity contribution in [1.29, 1.82) is 0 Å². The summed E-state index contributed by atoms with van der Waals surface area (Å²) in [5.41, 5.74) is 3.46. The number of carbonyl (C=O) groups excluding carboxylic acids is 1. The highest BCUT2D eigenvalue weighted by atomic mass is 16.5. The van der Waals surface area contributed by atoms with E-state index in [0.717, 1.165) is 42.8 Å². The molecule has 1 aliphatic heterocycles. The normalized spacial score (nSPS) is 13.1. The number of benzene rings is 1. The summed E-state index contributed by atoms with van der Waals surface area (Å²) in [5.74, 6) is 1.83. The number of methoxy groups -OCH3 is 2. The quantitative estimate of drug-likeness (QED) is 0.739. The van der Waals surface area contributed by atoms with E-state index in [1.165, 1.54) is 5.56 Å². The van der Waals surface area contributed by atoms with Crippen LogP contribution in [0, 0.1) is 6.92 Å². The third-order valence-corrected chi connectivity index (χ3v) is 4.89. The summed E-state index contributed by atoms with van der Waals surface area (Å²) >= 11 is 0. The fourth-order valence-electron chi connectivity index (χ4n) is 3.35. The van der Waals surface area contributed by atoms with Gasteiger partial charge >= 0.3 is 0 Å². The number of hydrogen-bond acceptors (Lipinski definition) is 6. The van der Waals surface area contributed by atoms with Crippen LogP contribution in [0.5, 0.6) is 11.5 Å². The van der Waals surface area contributed by atoms with Crippen molar-refractivity contribution in [1.82, 2.24) is 14.9 Å². The minimum Gasteiger partial charge on any atom is -0.493 e. The molecular formula is C21H28N4O3. The Balaban J connectivity index is 1.79. The summed E-state index contributed by atoms with van der Waals surface area (Å²) in [7, 11) is 3.25. The average Bonchev–Trinajstić information content (AvgIpc) is 2.71. The summed E-state index contributed by atoms with van der Waals surface area (Å²) in [5, 5.41) is 3.20. The number of aromatic nitrogens is 2. The van der Waals surface area contributed by atoms with Crippen molar-refractivity contribution in [3.8, 4) is 11.5 Å². The highest BCUT2D eigenvalue weighted by Crippen LogP contribution is 2.33. The first kappa shape index (κ1) is 19.9. The second-order valence-electron chi connectivity index (χ2n) is 6.95. The molecule has 0 aliphatic carbocycles. The van der Waals surface area contributed by atoms with Gasteiger partial charge in [-0.2, -0.15) is 0 Å². The molecule has 0 radical (unpaired) electrons. The van der Waals surface area contributed by atoms with Crippen molar-refractivity contribution in [3.63, 3.8) is 0 Å². The van der Waals surface area contributed by atoms with E-state index in [0.29, 0.717) is 30.5 Å². The highest BCUT2D eigenvalue weighted by Gasteiger charge is 2.25. The van der Waals surface area contributed by atoms with E-state index < -0.39 is 0 Å². The van der Waals surface area contributed by atoms with E-state index >= 15 is 0 Å². The smallest absolute Gasteiger partial charge is 0.272 e. The lowest BCUT2D eigenvalue weighted by atomic mass is 9.98. The van der Waals surface area contributed by atoms with Crippen molar-refractivity contribution in [2.45, 2.75) is 39.7 Å². The molecule has 0 atom stereocenters. The lowest BCUT2D eigenvalue weighted by Gasteiger charge is -2.29. The summed E-state index contributed by atoms with van der Waals surface area (Å²) < 4.78 is 10.8. The first-order valence-corrected chi connectivity index (χ1v) is 9.68. The standard InChI is InChI=1S/C21H28N4O3/c1-5-6-8-22-21-23-14(2)10-17(24-21)20(26)25-9-7-15-11-18(27-3)19(28-4)12-16(15)13-25/h10-12H,5-9,13H2,1-4H3,(H,22,23,24). The Labute approximate surface area is 166 Å². The molecule has 150 valence electrons. The molecule has 1 aromatic carbocycles. The van der Waals surface area contributed by atoms with Gasteiger partial charge in [-0.1, -0.05) is 13.3 Å². The van der Waals surface area contributed by atoms with Crippen molar-refractivity contribution < 1.29 is 14.3 Å². The maximum Gasteiger partial charge on any atom is 0.272 e. The average molecular weight is 384 g/mol. The van der Waals surface area contributed by atoms with Gasteiger partial charge in [-0.25, -0.2) is 9.97 Å². The van der Waals surface area contributed by atoms with Gasteiger partial charge in [-0.15, -0.1) is 0 Å². The highest BCUT2D eigenvalue weighted by molar-refractivity contribution is 5.92. The molecule has 1 aliphatic rings. The molecule has 0 bridgehead atoms. The molecule has 2 aromatic rings. The zero-order chi connectivity index (χ0) is 20.1. The van der Waals surface area contributed by atoms with E-state index in [2.05, 4.69) is 22.2 Å². The van der Waals surface area contributed by atoms with Crippen LogP contribution in [-0.4, -0.2) is 48.1 Å². The summed E-state index contributed by atoms with van der Waals surface area (Å²) in [6.07, 6.45) is 2.90. The molecule has 0 saturated heterocycles. The van der Waals surface area contributed by atoms with E-state index in [9.17, 15) is 4.79 Å². The molecule has 0 spiro atoms. The molecule has 1 amide bonds. The van der Waals surface area contributed by atoms with Gasteiger partial charge in [-0.05, 0) is 49.1 Å². The molecule has 28 heavy (non-hydrogen) atoms. The van der Waals surface area contributed by atoms with Crippen LogP contribution in [0.25, 0.3) is 0 Å².